The number of phenolic OH excluding ortho intramolecular Hbond substituents is 1. The molecule has 9 nitrogen and oxygen atoms in total. The number of piperazine rings is 1. The standard InChI is InChI=1S/C23H26N4O5S/c1-17-3-8-20(28)21(15-17)33(30,31)27-13-11-26(12-14-27)23(29)18-4-6-19(7-5-18)32-16-22-24-9-10-25(22)2/h3-10,15,28H,11-14,16H2,1-2H3. The molecule has 0 bridgehead atoms. The molecule has 3 aromatic rings. The Morgan fingerprint density at radius 3 is 2.42 bits per heavy atom. The molecule has 0 radical (unpaired) electrons. The molecule has 1 aliphatic rings. The first-order chi connectivity index (χ1) is 15.8. The summed E-state index contributed by atoms with van der Waals surface area (Å²) in [7, 11) is -1.95. The van der Waals surface area contributed by atoms with Gasteiger partial charge in [0.2, 0.25) is 10.0 Å². The van der Waals surface area contributed by atoms with E-state index in [0.29, 0.717) is 17.9 Å². The van der Waals surface area contributed by atoms with Gasteiger partial charge in [-0.25, -0.2) is 13.4 Å². The van der Waals surface area contributed by atoms with E-state index in [0.717, 1.165) is 11.4 Å². The van der Waals surface area contributed by atoms with Crippen LogP contribution in [0.25, 0.3) is 0 Å². The minimum Gasteiger partial charge on any atom is -0.507 e. The maximum atomic E-state index is 13.0. The number of phenols is 1. The van der Waals surface area contributed by atoms with Crippen molar-refractivity contribution < 1.29 is 23.1 Å². The summed E-state index contributed by atoms with van der Waals surface area (Å²) in [5.41, 5.74) is 1.25. The summed E-state index contributed by atoms with van der Waals surface area (Å²) in [4.78, 5) is 18.6. The molecule has 0 aliphatic carbocycles. The van der Waals surface area contributed by atoms with E-state index in [1.807, 2.05) is 17.8 Å². The van der Waals surface area contributed by atoms with Gasteiger partial charge in [0.25, 0.3) is 5.91 Å². The number of aromatic hydroxyl groups is 1. The van der Waals surface area contributed by atoms with Crippen molar-refractivity contribution in [2.24, 2.45) is 7.05 Å². The Morgan fingerprint density at radius 1 is 1.09 bits per heavy atom. The lowest BCUT2D eigenvalue weighted by Crippen LogP contribution is -2.50. The lowest BCUT2D eigenvalue weighted by molar-refractivity contribution is 0.0697. The lowest BCUT2D eigenvalue weighted by atomic mass is 10.2. The minimum absolute atomic E-state index is 0.108. The SMILES string of the molecule is Cc1ccc(O)c(S(=O)(=O)N2CCN(C(=O)c3ccc(OCc4nccn4C)cc3)CC2)c1. The van der Waals surface area contributed by atoms with Gasteiger partial charge in [0.15, 0.2) is 0 Å². The van der Waals surface area contributed by atoms with Crippen LogP contribution in [0.2, 0.25) is 0 Å². The Labute approximate surface area is 192 Å². The van der Waals surface area contributed by atoms with E-state index >= 15 is 0 Å². The summed E-state index contributed by atoms with van der Waals surface area (Å²) in [6, 6.07) is 11.4. The van der Waals surface area contributed by atoms with Crippen LogP contribution in [0.15, 0.2) is 59.8 Å². The molecule has 1 aliphatic heterocycles. The molecular formula is C23H26N4O5S. The molecule has 2 heterocycles. The van der Waals surface area contributed by atoms with Crippen LogP contribution >= 0.6 is 0 Å². The van der Waals surface area contributed by atoms with Crippen LogP contribution in [0.5, 0.6) is 11.5 Å². The molecule has 4 rings (SSSR count). The van der Waals surface area contributed by atoms with Crippen molar-refractivity contribution in [2.45, 2.75) is 18.4 Å². The Balaban J connectivity index is 1.36. The van der Waals surface area contributed by atoms with Gasteiger partial charge < -0.3 is 19.3 Å². The molecule has 1 saturated heterocycles. The number of imidazole rings is 1. The molecule has 1 fully saturated rings. The summed E-state index contributed by atoms with van der Waals surface area (Å²) in [6.45, 7) is 2.94. The zero-order chi connectivity index (χ0) is 23.6. The number of hydrogen-bond donors (Lipinski definition) is 1. The number of carbonyl (C=O) groups excluding carboxylic acids is 1. The van der Waals surface area contributed by atoms with Crippen LogP contribution < -0.4 is 4.74 Å². The molecule has 1 aromatic heterocycles. The summed E-state index contributed by atoms with van der Waals surface area (Å²) < 4.78 is 34.8. The van der Waals surface area contributed by atoms with E-state index in [1.165, 1.54) is 16.4 Å². The maximum Gasteiger partial charge on any atom is 0.253 e. The van der Waals surface area contributed by atoms with Crippen LogP contribution in [0, 0.1) is 6.92 Å². The van der Waals surface area contributed by atoms with Crippen LogP contribution in [-0.4, -0.2) is 64.4 Å². The number of ether oxygens (including phenoxy) is 1. The monoisotopic (exact) mass is 470 g/mol. The summed E-state index contributed by atoms with van der Waals surface area (Å²) in [6.07, 6.45) is 3.55. The average molecular weight is 471 g/mol. The minimum atomic E-state index is -3.84. The topological polar surface area (TPSA) is 105 Å². The number of benzene rings is 2. The number of nitrogens with zero attached hydrogens (tertiary/aromatic N) is 4. The van der Waals surface area contributed by atoms with Gasteiger partial charge in [-0.2, -0.15) is 4.31 Å². The second-order valence-corrected chi connectivity index (χ2v) is 9.84. The van der Waals surface area contributed by atoms with Gasteiger partial charge in [-0.3, -0.25) is 4.79 Å². The van der Waals surface area contributed by atoms with Crippen LogP contribution in [0.1, 0.15) is 21.7 Å². The molecule has 0 spiro atoms. The van der Waals surface area contributed by atoms with Crippen molar-refractivity contribution in [1.29, 1.82) is 0 Å². The van der Waals surface area contributed by atoms with E-state index in [1.54, 1.807) is 48.4 Å². The van der Waals surface area contributed by atoms with E-state index in [-0.39, 0.29) is 42.7 Å². The maximum absolute atomic E-state index is 13.0. The number of aryl methyl sites for hydroxylation is 2. The molecule has 1 N–H and O–H groups in total. The smallest absolute Gasteiger partial charge is 0.253 e. The highest BCUT2D eigenvalue weighted by Crippen LogP contribution is 2.27. The fourth-order valence-corrected chi connectivity index (χ4v) is 5.25. The Morgan fingerprint density at radius 2 is 1.79 bits per heavy atom. The van der Waals surface area contributed by atoms with E-state index in [2.05, 4.69) is 4.98 Å². The fraction of sp³-hybridized carbons (Fsp3) is 0.304. The van der Waals surface area contributed by atoms with E-state index < -0.39 is 10.0 Å². The molecule has 1 amide bonds. The number of aromatic nitrogens is 2. The van der Waals surface area contributed by atoms with Gasteiger partial charge >= 0.3 is 0 Å². The second-order valence-electron chi connectivity index (χ2n) is 7.93. The summed E-state index contributed by atoms with van der Waals surface area (Å²) in [5.74, 6) is 0.982. The highest BCUT2D eigenvalue weighted by atomic mass is 32.2. The number of amides is 1. The lowest BCUT2D eigenvalue weighted by Gasteiger charge is -2.34. The third-order valence-corrected chi connectivity index (χ3v) is 7.58. The van der Waals surface area contributed by atoms with Gasteiger partial charge in [-0.05, 0) is 48.9 Å². The molecular weight excluding hydrogens is 444 g/mol. The predicted octanol–water partition coefficient (Wildman–Crippen LogP) is 2.16. The first kappa shape index (κ1) is 22.8. The molecule has 174 valence electrons. The zero-order valence-electron chi connectivity index (χ0n) is 18.5. The van der Waals surface area contributed by atoms with Crippen molar-refractivity contribution >= 4 is 15.9 Å². The molecule has 0 atom stereocenters. The predicted molar refractivity (Wildman–Crippen MR) is 121 cm³/mol. The Kier molecular flexibility index (Phi) is 6.39. The van der Waals surface area contributed by atoms with Gasteiger partial charge in [0.1, 0.15) is 28.8 Å². The number of sulfonamides is 1. The molecule has 2 aromatic carbocycles. The number of hydrogen-bond acceptors (Lipinski definition) is 6. The highest BCUT2D eigenvalue weighted by molar-refractivity contribution is 7.89. The average Bonchev–Trinajstić information content (AvgIpc) is 3.23. The van der Waals surface area contributed by atoms with Gasteiger partial charge in [-0.15, -0.1) is 0 Å². The van der Waals surface area contributed by atoms with Crippen molar-refractivity contribution in [3.05, 3.63) is 71.8 Å². The molecule has 10 heteroatoms. The van der Waals surface area contributed by atoms with E-state index in [4.69, 9.17) is 4.74 Å². The highest BCUT2D eigenvalue weighted by Gasteiger charge is 2.32. The van der Waals surface area contributed by atoms with Crippen molar-refractivity contribution in [2.75, 3.05) is 26.2 Å². The zero-order valence-corrected chi connectivity index (χ0v) is 19.3. The van der Waals surface area contributed by atoms with Crippen molar-refractivity contribution in [1.82, 2.24) is 18.8 Å². The quantitative estimate of drug-likeness (QED) is 0.592. The molecule has 0 saturated carbocycles. The van der Waals surface area contributed by atoms with E-state index in [9.17, 15) is 18.3 Å². The Hall–Kier alpha value is -3.37. The van der Waals surface area contributed by atoms with Crippen LogP contribution in [-0.2, 0) is 23.7 Å². The Bertz CT molecular complexity index is 1250. The first-order valence-electron chi connectivity index (χ1n) is 10.5. The van der Waals surface area contributed by atoms with Crippen molar-refractivity contribution in [3.8, 4) is 11.5 Å². The van der Waals surface area contributed by atoms with Gasteiger partial charge in [0, 0.05) is 51.2 Å². The molecule has 33 heavy (non-hydrogen) atoms. The third kappa shape index (κ3) is 4.86. The summed E-state index contributed by atoms with van der Waals surface area (Å²) in [5, 5.41) is 10.0. The normalized spacial score (nSPS) is 14.9. The molecule has 0 unspecified atom stereocenters. The van der Waals surface area contributed by atoms with Crippen molar-refractivity contribution in [3.63, 3.8) is 0 Å². The largest absolute Gasteiger partial charge is 0.507 e. The van der Waals surface area contributed by atoms with Crippen LogP contribution in [0.4, 0.5) is 0 Å². The van der Waals surface area contributed by atoms with Gasteiger partial charge in [-0.1, -0.05) is 6.07 Å². The summed E-state index contributed by atoms with van der Waals surface area (Å²) >= 11 is 0. The number of carbonyl (C=O) groups is 1. The second kappa shape index (κ2) is 9.24. The first-order valence-corrected chi connectivity index (χ1v) is 12.0. The fourth-order valence-electron chi connectivity index (χ4n) is 3.66. The van der Waals surface area contributed by atoms with Crippen LogP contribution in [0.3, 0.4) is 0 Å². The third-order valence-electron chi connectivity index (χ3n) is 5.65. The number of rotatable bonds is 6. The van der Waals surface area contributed by atoms with Gasteiger partial charge in [0.05, 0.1) is 0 Å².